The minimum atomic E-state index is 0.102. The number of benzene rings is 2. The molecule has 4 rings (SSSR count). The zero-order chi connectivity index (χ0) is 19.0. The maximum atomic E-state index is 13.0. The summed E-state index contributed by atoms with van der Waals surface area (Å²) in [5.41, 5.74) is 3.94. The van der Waals surface area contributed by atoms with Crippen LogP contribution in [-0.4, -0.2) is 38.7 Å². The van der Waals surface area contributed by atoms with Crippen molar-refractivity contribution in [1.29, 1.82) is 0 Å². The molecular weight excluding hydrogens is 346 g/mol. The van der Waals surface area contributed by atoms with Gasteiger partial charge in [0.05, 0.1) is 14.2 Å². The topological polar surface area (TPSA) is 57.2 Å². The molecule has 0 aliphatic carbocycles. The zero-order valence-electron chi connectivity index (χ0n) is 15.8. The molecule has 0 fully saturated rings. The second-order valence-electron chi connectivity index (χ2n) is 6.93. The lowest BCUT2D eigenvalue weighted by Gasteiger charge is -2.23. The highest BCUT2D eigenvalue weighted by Crippen LogP contribution is 2.37. The highest BCUT2D eigenvalue weighted by molar-refractivity contribution is 5.98. The van der Waals surface area contributed by atoms with Gasteiger partial charge in [0.15, 0.2) is 28.8 Å². The molecule has 2 aromatic carbocycles. The van der Waals surface area contributed by atoms with Crippen molar-refractivity contribution in [3.8, 4) is 23.0 Å². The van der Waals surface area contributed by atoms with Gasteiger partial charge in [-0.2, -0.15) is 0 Å². The van der Waals surface area contributed by atoms with Gasteiger partial charge in [0.25, 0.3) is 0 Å². The zero-order valence-corrected chi connectivity index (χ0v) is 15.8. The van der Waals surface area contributed by atoms with Crippen molar-refractivity contribution < 1.29 is 23.7 Å². The van der Waals surface area contributed by atoms with Crippen molar-refractivity contribution in [2.75, 3.05) is 28.1 Å². The summed E-state index contributed by atoms with van der Waals surface area (Å²) in [5, 5.41) is 0. The number of hydrogen-bond donors (Lipinski definition) is 0. The number of nitrogens with zero attached hydrogens (tertiary/aromatic N) is 1. The third kappa shape index (κ3) is 3.32. The van der Waals surface area contributed by atoms with E-state index in [9.17, 15) is 4.79 Å². The SMILES string of the molecule is COc1cc2c(cc1OC)C(=O)CCc1cc3c(cc1CN(C)C2)OCO3. The lowest BCUT2D eigenvalue weighted by Crippen LogP contribution is -2.22. The van der Waals surface area contributed by atoms with Crippen LogP contribution in [-0.2, 0) is 19.5 Å². The predicted molar refractivity (Wildman–Crippen MR) is 99.9 cm³/mol. The monoisotopic (exact) mass is 369 g/mol. The van der Waals surface area contributed by atoms with Gasteiger partial charge < -0.3 is 18.9 Å². The second kappa shape index (κ2) is 7.12. The minimum Gasteiger partial charge on any atom is -0.493 e. The summed E-state index contributed by atoms with van der Waals surface area (Å²) in [5.74, 6) is 2.85. The summed E-state index contributed by atoms with van der Waals surface area (Å²) < 4.78 is 21.8. The number of carbonyl (C=O) groups is 1. The maximum absolute atomic E-state index is 13.0. The Labute approximate surface area is 158 Å². The molecule has 6 heteroatoms. The van der Waals surface area contributed by atoms with E-state index < -0.39 is 0 Å². The number of methoxy groups -OCH3 is 2. The minimum absolute atomic E-state index is 0.102. The molecule has 0 aromatic heterocycles. The van der Waals surface area contributed by atoms with Crippen molar-refractivity contribution >= 4 is 5.78 Å². The fourth-order valence-electron chi connectivity index (χ4n) is 3.74. The Balaban J connectivity index is 1.73. The Morgan fingerprint density at radius 2 is 1.48 bits per heavy atom. The first-order chi connectivity index (χ1) is 13.1. The van der Waals surface area contributed by atoms with E-state index in [4.69, 9.17) is 18.9 Å². The number of aryl methyl sites for hydroxylation is 1. The van der Waals surface area contributed by atoms with E-state index in [1.165, 1.54) is 5.56 Å². The summed E-state index contributed by atoms with van der Waals surface area (Å²) in [4.78, 5) is 15.2. The molecular formula is C21H23NO5. The molecule has 0 amide bonds. The Morgan fingerprint density at radius 1 is 0.852 bits per heavy atom. The van der Waals surface area contributed by atoms with Crippen LogP contribution in [0.2, 0.25) is 0 Å². The van der Waals surface area contributed by atoms with Gasteiger partial charge in [-0.1, -0.05) is 0 Å². The quantitative estimate of drug-likeness (QED) is 0.810. The van der Waals surface area contributed by atoms with Crippen LogP contribution in [0.25, 0.3) is 0 Å². The van der Waals surface area contributed by atoms with Gasteiger partial charge in [0.1, 0.15) is 0 Å². The molecule has 0 saturated heterocycles. The van der Waals surface area contributed by atoms with E-state index in [-0.39, 0.29) is 12.6 Å². The largest absolute Gasteiger partial charge is 0.493 e. The molecule has 0 unspecified atom stereocenters. The number of ether oxygens (including phenoxy) is 4. The predicted octanol–water partition coefficient (Wildman–Crippen LogP) is 3.19. The molecule has 0 saturated carbocycles. The lowest BCUT2D eigenvalue weighted by molar-refractivity contribution is 0.0979. The van der Waals surface area contributed by atoms with Gasteiger partial charge in [-0.25, -0.2) is 0 Å². The van der Waals surface area contributed by atoms with Crippen LogP contribution in [0, 0.1) is 0 Å². The van der Waals surface area contributed by atoms with Crippen LogP contribution in [0.4, 0.5) is 0 Å². The number of hydrogen-bond acceptors (Lipinski definition) is 6. The van der Waals surface area contributed by atoms with E-state index >= 15 is 0 Å². The van der Waals surface area contributed by atoms with Crippen LogP contribution < -0.4 is 18.9 Å². The van der Waals surface area contributed by atoms with Gasteiger partial charge in [-0.05, 0) is 54.4 Å². The van der Waals surface area contributed by atoms with Gasteiger partial charge in [-0.3, -0.25) is 9.69 Å². The fraction of sp³-hybridized carbons (Fsp3) is 0.381. The highest BCUT2D eigenvalue weighted by Gasteiger charge is 2.23. The summed E-state index contributed by atoms with van der Waals surface area (Å²) in [7, 11) is 5.23. The first-order valence-corrected chi connectivity index (χ1v) is 8.97. The molecule has 2 aliphatic heterocycles. The Hall–Kier alpha value is -2.73. The third-order valence-corrected chi connectivity index (χ3v) is 5.11. The van der Waals surface area contributed by atoms with Crippen LogP contribution in [0.1, 0.15) is 33.5 Å². The van der Waals surface area contributed by atoms with Crippen molar-refractivity contribution in [1.82, 2.24) is 4.90 Å². The Bertz CT molecular complexity index is 893. The van der Waals surface area contributed by atoms with Crippen LogP contribution in [0.3, 0.4) is 0 Å². The number of ketones is 1. The molecule has 0 bridgehead atoms. The summed E-state index contributed by atoms with van der Waals surface area (Å²) in [6, 6.07) is 7.75. The molecule has 0 atom stereocenters. The van der Waals surface area contributed by atoms with Gasteiger partial charge in [0.2, 0.25) is 6.79 Å². The maximum Gasteiger partial charge on any atom is 0.231 e. The number of carbonyl (C=O) groups excluding carboxylic acids is 1. The number of fused-ring (bicyclic) bond motifs is 3. The first kappa shape index (κ1) is 17.7. The molecule has 142 valence electrons. The highest BCUT2D eigenvalue weighted by atomic mass is 16.7. The molecule has 27 heavy (non-hydrogen) atoms. The standard InChI is InChI=1S/C21H23NO5/c1-22-10-14-7-21-20(26-12-27-21)6-13(14)4-5-17(23)16-9-19(25-3)18(24-2)8-15(16)11-22/h6-9H,4-5,10-12H2,1-3H3. The summed E-state index contributed by atoms with van der Waals surface area (Å²) in [6.07, 6.45) is 1.09. The molecule has 6 nitrogen and oxygen atoms in total. The normalized spacial score (nSPS) is 16.5. The van der Waals surface area contributed by atoms with E-state index in [2.05, 4.69) is 4.90 Å². The molecule has 0 radical (unpaired) electrons. The molecule has 2 heterocycles. The van der Waals surface area contributed by atoms with Crippen molar-refractivity contribution in [3.63, 3.8) is 0 Å². The van der Waals surface area contributed by atoms with E-state index in [1.54, 1.807) is 20.3 Å². The van der Waals surface area contributed by atoms with E-state index in [0.717, 1.165) is 29.2 Å². The van der Waals surface area contributed by atoms with Gasteiger partial charge in [-0.15, -0.1) is 0 Å². The number of rotatable bonds is 2. The average Bonchev–Trinajstić information content (AvgIpc) is 3.12. The lowest BCUT2D eigenvalue weighted by atomic mass is 9.93. The van der Waals surface area contributed by atoms with Gasteiger partial charge in [0, 0.05) is 25.1 Å². The number of Topliss-reactive ketones (excluding diaryl/α,β-unsaturated/α-hetero) is 1. The summed E-state index contributed by atoms with van der Waals surface area (Å²) >= 11 is 0. The fourth-order valence-corrected chi connectivity index (χ4v) is 3.74. The van der Waals surface area contributed by atoms with Crippen molar-refractivity contribution in [3.05, 3.63) is 46.5 Å². The Kier molecular flexibility index (Phi) is 4.66. The second-order valence-corrected chi connectivity index (χ2v) is 6.93. The average molecular weight is 369 g/mol. The third-order valence-electron chi connectivity index (χ3n) is 5.11. The molecule has 0 N–H and O–H groups in total. The van der Waals surface area contributed by atoms with Crippen molar-refractivity contribution in [2.45, 2.75) is 25.9 Å². The molecule has 0 spiro atoms. The van der Waals surface area contributed by atoms with Crippen molar-refractivity contribution in [2.24, 2.45) is 0 Å². The van der Waals surface area contributed by atoms with Gasteiger partial charge >= 0.3 is 0 Å². The van der Waals surface area contributed by atoms with Crippen LogP contribution in [0.5, 0.6) is 23.0 Å². The van der Waals surface area contributed by atoms with E-state index in [0.29, 0.717) is 36.4 Å². The first-order valence-electron chi connectivity index (χ1n) is 8.97. The van der Waals surface area contributed by atoms with E-state index in [1.807, 2.05) is 25.2 Å². The summed E-state index contributed by atoms with van der Waals surface area (Å²) in [6.45, 7) is 1.64. The molecule has 2 aromatic rings. The van der Waals surface area contributed by atoms with Crippen LogP contribution >= 0.6 is 0 Å². The smallest absolute Gasteiger partial charge is 0.231 e. The Morgan fingerprint density at radius 3 is 2.19 bits per heavy atom. The van der Waals surface area contributed by atoms with Crippen LogP contribution in [0.15, 0.2) is 24.3 Å². The molecule has 2 aliphatic rings.